The summed E-state index contributed by atoms with van der Waals surface area (Å²) >= 11 is 1.89. The molecule has 1 N–H and O–H groups in total. The zero-order chi connectivity index (χ0) is 8.53. The van der Waals surface area contributed by atoms with E-state index in [0.717, 1.165) is 6.42 Å². The van der Waals surface area contributed by atoms with Crippen LogP contribution in [0.4, 0.5) is 0 Å². The Morgan fingerprint density at radius 3 is 2.73 bits per heavy atom. The summed E-state index contributed by atoms with van der Waals surface area (Å²) in [5.41, 5.74) is 0. The van der Waals surface area contributed by atoms with Gasteiger partial charge < -0.3 is 5.32 Å². The van der Waals surface area contributed by atoms with Crippen LogP contribution in [0.1, 0.15) is 19.8 Å². The van der Waals surface area contributed by atoms with Gasteiger partial charge in [0.05, 0.1) is 0 Å². The second-order valence-corrected chi connectivity index (χ2v) is 3.38. The normalized spacial score (nSPS) is 11.9. The van der Waals surface area contributed by atoms with Crippen LogP contribution >= 0.6 is 11.8 Å². The van der Waals surface area contributed by atoms with E-state index in [1.807, 2.05) is 25.7 Å². The molecule has 0 radical (unpaired) electrons. The summed E-state index contributed by atoms with van der Waals surface area (Å²) in [6, 6.07) is 0.579. The van der Waals surface area contributed by atoms with Crippen molar-refractivity contribution in [3.05, 3.63) is 0 Å². The van der Waals surface area contributed by atoms with Crippen LogP contribution in [0.5, 0.6) is 0 Å². The van der Waals surface area contributed by atoms with Crippen LogP contribution in [-0.4, -0.2) is 25.1 Å². The largest absolute Gasteiger partial charge is 0.316 e. The van der Waals surface area contributed by atoms with Crippen LogP contribution < -0.4 is 5.32 Å². The highest BCUT2D eigenvalue weighted by molar-refractivity contribution is 7.98. The van der Waals surface area contributed by atoms with Crippen LogP contribution in [0.2, 0.25) is 0 Å². The molecule has 0 fully saturated rings. The van der Waals surface area contributed by atoms with E-state index in [0.29, 0.717) is 6.04 Å². The van der Waals surface area contributed by atoms with Crippen molar-refractivity contribution in [1.29, 1.82) is 0 Å². The second kappa shape index (κ2) is 7.97. The van der Waals surface area contributed by atoms with E-state index in [4.69, 9.17) is 0 Å². The molecular formula is C9H17NS. The van der Waals surface area contributed by atoms with Crippen molar-refractivity contribution in [2.75, 3.05) is 19.1 Å². The molecule has 0 aliphatic heterocycles. The predicted molar refractivity (Wildman–Crippen MR) is 53.9 cm³/mol. The Hall–Kier alpha value is -0.130. The molecule has 0 aliphatic carbocycles. The molecule has 0 spiro atoms. The molecule has 0 rings (SSSR count). The van der Waals surface area contributed by atoms with Gasteiger partial charge in [-0.25, -0.2) is 0 Å². The Labute approximate surface area is 74.3 Å². The minimum Gasteiger partial charge on any atom is -0.316 e. The molecule has 0 aromatic heterocycles. The van der Waals surface area contributed by atoms with Gasteiger partial charge in [-0.15, -0.1) is 11.8 Å². The third-order valence-corrected chi connectivity index (χ3v) is 2.25. The molecule has 0 aromatic carbocycles. The Bertz CT molecular complexity index is 134. The van der Waals surface area contributed by atoms with Gasteiger partial charge in [-0.2, -0.15) is 11.8 Å². The molecule has 64 valence electrons. The average molecular weight is 171 g/mol. The van der Waals surface area contributed by atoms with Gasteiger partial charge in [0.1, 0.15) is 0 Å². The van der Waals surface area contributed by atoms with Crippen LogP contribution in [-0.2, 0) is 0 Å². The summed E-state index contributed by atoms with van der Waals surface area (Å²) < 4.78 is 0. The average Bonchev–Trinajstić information content (AvgIpc) is 2.05. The Kier molecular flexibility index (Phi) is 7.88. The first-order valence-corrected chi connectivity index (χ1v) is 5.30. The van der Waals surface area contributed by atoms with E-state index < -0.39 is 0 Å². The number of nitrogens with one attached hydrogen (secondary N) is 1. The summed E-state index contributed by atoms with van der Waals surface area (Å²) in [5.74, 6) is 7.22. The highest BCUT2D eigenvalue weighted by Crippen LogP contribution is 2.02. The molecule has 0 bridgehead atoms. The first-order valence-electron chi connectivity index (χ1n) is 3.91. The van der Waals surface area contributed by atoms with Crippen molar-refractivity contribution in [2.24, 2.45) is 0 Å². The van der Waals surface area contributed by atoms with E-state index in [2.05, 4.69) is 23.4 Å². The lowest BCUT2D eigenvalue weighted by molar-refractivity contribution is 0.563. The van der Waals surface area contributed by atoms with E-state index in [1.165, 1.54) is 12.2 Å². The Balaban J connectivity index is 3.46. The summed E-state index contributed by atoms with van der Waals surface area (Å²) in [4.78, 5) is 0. The van der Waals surface area contributed by atoms with Gasteiger partial charge in [0, 0.05) is 12.5 Å². The maximum atomic E-state index is 3.26. The SMILES string of the molecule is CC#CCC(CCSC)NC. The highest BCUT2D eigenvalue weighted by Gasteiger charge is 2.01. The smallest absolute Gasteiger partial charge is 0.0243 e. The third kappa shape index (κ3) is 6.28. The molecule has 1 nitrogen and oxygen atoms in total. The van der Waals surface area contributed by atoms with E-state index in [1.54, 1.807) is 0 Å². The lowest BCUT2D eigenvalue weighted by Gasteiger charge is -2.11. The lowest BCUT2D eigenvalue weighted by Crippen LogP contribution is -2.25. The topological polar surface area (TPSA) is 12.0 Å². The standard InChI is InChI=1S/C9H17NS/c1-4-5-6-9(10-2)7-8-11-3/h9-10H,6-8H2,1-3H3. The molecule has 0 aliphatic rings. The fourth-order valence-corrected chi connectivity index (χ4v) is 1.35. The maximum absolute atomic E-state index is 3.26. The Morgan fingerprint density at radius 1 is 1.55 bits per heavy atom. The molecule has 1 unspecified atom stereocenters. The minimum atomic E-state index is 0.579. The predicted octanol–water partition coefficient (Wildman–Crippen LogP) is 1.74. The van der Waals surface area contributed by atoms with E-state index >= 15 is 0 Å². The number of thioether (sulfide) groups is 1. The molecule has 0 saturated carbocycles. The summed E-state index contributed by atoms with van der Waals surface area (Å²) in [6.07, 6.45) is 4.33. The Morgan fingerprint density at radius 2 is 2.27 bits per heavy atom. The molecule has 0 aromatic rings. The van der Waals surface area contributed by atoms with Gasteiger partial charge in [0.15, 0.2) is 0 Å². The van der Waals surface area contributed by atoms with E-state index in [9.17, 15) is 0 Å². The number of hydrogen-bond acceptors (Lipinski definition) is 2. The molecule has 0 heterocycles. The maximum Gasteiger partial charge on any atom is 0.0243 e. The van der Waals surface area contributed by atoms with Gasteiger partial charge in [0.25, 0.3) is 0 Å². The molecule has 11 heavy (non-hydrogen) atoms. The van der Waals surface area contributed by atoms with Crippen molar-refractivity contribution in [3.8, 4) is 11.8 Å². The van der Waals surface area contributed by atoms with Crippen LogP contribution in [0.15, 0.2) is 0 Å². The summed E-state index contributed by atoms with van der Waals surface area (Å²) in [7, 11) is 2.00. The van der Waals surface area contributed by atoms with Crippen LogP contribution in [0, 0.1) is 11.8 Å². The van der Waals surface area contributed by atoms with Crippen molar-refractivity contribution in [1.82, 2.24) is 5.32 Å². The second-order valence-electron chi connectivity index (χ2n) is 2.40. The fourth-order valence-electron chi connectivity index (χ4n) is 0.834. The van der Waals surface area contributed by atoms with Crippen LogP contribution in [0.3, 0.4) is 0 Å². The first kappa shape index (κ1) is 10.9. The third-order valence-electron chi connectivity index (χ3n) is 1.60. The lowest BCUT2D eigenvalue weighted by atomic mass is 10.1. The van der Waals surface area contributed by atoms with Gasteiger partial charge >= 0.3 is 0 Å². The minimum absolute atomic E-state index is 0.579. The van der Waals surface area contributed by atoms with E-state index in [-0.39, 0.29) is 0 Å². The molecular weight excluding hydrogens is 154 g/mol. The number of rotatable bonds is 5. The fraction of sp³-hybridized carbons (Fsp3) is 0.778. The van der Waals surface area contributed by atoms with Crippen molar-refractivity contribution >= 4 is 11.8 Å². The summed E-state index contributed by atoms with van der Waals surface area (Å²) in [6.45, 7) is 1.89. The zero-order valence-corrected chi connectivity index (χ0v) is 8.42. The molecule has 0 saturated heterocycles. The molecule has 2 heteroatoms. The quantitative estimate of drug-likeness (QED) is 0.632. The van der Waals surface area contributed by atoms with Crippen LogP contribution in [0.25, 0.3) is 0 Å². The van der Waals surface area contributed by atoms with Crippen molar-refractivity contribution < 1.29 is 0 Å². The van der Waals surface area contributed by atoms with Gasteiger partial charge in [-0.1, -0.05) is 0 Å². The molecule has 0 amide bonds. The monoisotopic (exact) mass is 171 g/mol. The summed E-state index contributed by atoms with van der Waals surface area (Å²) in [5, 5.41) is 3.26. The zero-order valence-electron chi connectivity index (χ0n) is 7.61. The van der Waals surface area contributed by atoms with Gasteiger partial charge in [0.2, 0.25) is 0 Å². The number of hydrogen-bond donors (Lipinski definition) is 1. The van der Waals surface area contributed by atoms with Crippen molar-refractivity contribution in [3.63, 3.8) is 0 Å². The van der Waals surface area contributed by atoms with Gasteiger partial charge in [-0.05, 0) is 32.4 Å². The molecule has 1 atom stereocenters. The van der Waals surface area contributed by atoms with Gasteiger partial charge in [-0.3, -0.25) is 0 Å². The highest BCUT2D eigenvalue weighted by atomic mass is 32.2. The van der Waals surface area contributed by atoms with Crippen molar-refractivity contribution in [2.45, 2.75) is 25.8 Å². The first-order chi connectivity index (χ1) is 5.35.